The van der Waals surface area contributed by atoms with Gasteiger partial charge in [-0.25, -0.2) is 4.98 Å². The van der Waals surface area contributed by atoms with Crippen LogP contribution in [0.1, 0.15) is 47.4 Å². The summed E-state index contributed by atoms with van der Waals surface area (Å²) in [4.78, 5) is 33.3. The molecule has 0 saturated heterocycles. The lowest BCUT2D eigenvalue weighted by atomic mass is 10.0. The number of benzene rings is 2. The number of amides is 2. The first-order chi connectivity index (χ1) is 13.5. The van der Waals surface area contributed by atoms with E-state index in [1.807, 2.05) is 42.5 Å². The molecule has 1 atom stereocenters. The zero-order valence-corrected chi connectivity index (χ0v) is 15.8. The molecule has 0 spiro atoms. The van der Waals surface area contributed by atoms with Crippen molar-refractivity contribution >= 4 is 17.5 Å². The highest BCUT2D eigenvalue weighted by atomic mass is 16.2. The molecule has 142 valence electrons. The van der Waals surface area contributed by atoms with Crippen molar-refractivity contribution in [3.05, 3.63) is 90.0 Å². The van der Waals surface area contributed by atoms with Gasteiger partial charge in [-0.2, -0.15) is 0 Å². The van der Waals surface area contributed by atoms with Crippen molar-refractivity contribution in [1.29, 1.82) is 0 Å². The van der Waals surface area contributed by atoms with Crippen LogP contribution in [-0.2, 0) is 4.79 Å². The van der Waals surface area contributed by atoms with Crippen molar-refractivity contribution in [2.45, 2.75) is 25.8 Å². The predicted octanol–water partition coefficient (Wildman–Crippen LogP) is 3.71. The minimum atomic E-state index is -0.861. The number of nitrogens with one attached hydrogen (secondary N) is 2. The summed E-state index contributed by atoms with van der Waals surface area (Å²) in [5.74, 6) is -0.388. The average Bonchev–Trinajstić information content (AvgIpc) is 2.73. The van der Waals surface area contributed by atoms with Crippen molar-refractivity contribution < 1.29 is 9.59 Å². The molecular formula is C22H22N4O2. The summed E-state index contributed by atoms with van der Waals surface area (Å²) in [6.07, 6.45) is 4.28. The highest BCUT2D eigenvalue weighted by Crippen LogP contribution is 2.20. The molecule has 2 amide bonds. The third kappa shape index (κ3) is 4.79. The number of rotatable bonds is 6. The van der Waals surface area contributed by atoms with E-state index in [9.17, 15) is 9.59 Å². The van der Waals surface area contributed by atoms with Gasteiger partial charge in [0.05, 0.1) is 6.20 Å². The predicted molar refractivity (Wildman–Crippen MR) is 108 cm³/mol. The van der Waals surface area contributed by atoms with E-state index in [1.165, 1.54) is 24.2 Å². The number of carbonyl (C=O) groups excluding carboxylic acids is 2. The van der Waals surface area contributed by atoms with Gasteiger partial charge in [-0.1, -0.05) is 56.3 Å². The molecule has 0 aliphatic carbocycles. The van der Waals surface area contributed by atoms with Crippen molar-refractivity contribution in [1.82, 2.24) is 15.3 Å². The molecule has 6 heteroatoms. The molecule has 0 fully saturated rings. The Kier molecular flexibility index (Phi) is 6.11. The summed E-state index contributed by atoms with van der Waals surface area (Å²) in [5, 5.41) is 5.62. The molecule has 6 nitrogen and oxygen atoms in total. The van der Waals surface area contributed by atoms with Crippen LogP contribution in [0.15, 0.2) is 73.2 Å². The Labute approximate surface area is 164 Å². The van der Waals surface area contributed by atoms with Crippen molar-refractivity contribution in [3.63, 3.8) is 0 Å². The fourth-order valence-electron chi connectivity index (χ4n) is 2.73. The molecule has 0 radical (unpaired) electrons. The zero-order valence-electron chi connectivity index (χ0n) is 15.8. The number of carbonyl (C=O) groups is 2. The Morgan fingerprint density at radius 1 is 0.893 bits per heavy atom. The second kappa shape index (κ2) is 8.90. The average molecular weight is 374 g/mol. The molecule has 0 saturated carbocycles. The zero-order chi connectivity index (χ0) is 19.9. The fraction of sp³-hybridized carbons (Fsp3) is 0.182. The van der Waals surface area contributed by atoms with E-state index in [0.717, 1.165) is 0 Å². The van der Waals surface area contributed by atoms with Gasteiger partial charge in [-0.3, -0.25) is 14.6 Å². The molecule has 3 rings (SSSR count). The van der Waals surface area contributed by atoms with Crippen LogP contribution >= 0.6 is 0 Å². The molecule has 28 heavy (non-hydrogen) atoms. The normalized spacial score (nSPS) is 11.7. The molecule has 1 aromatic heterocycles. The van der Waals surface area contributed by atoms with Crippen LogP contribution in [0.4, 0.5) is 5.69 Å². The molecule has 1 heterocycles. The minimum Gasteiger partial charge on any atom is -0.335 e. The van der Waals surface area contributed by atoms with E-state index in [2.05, 4.69) is 34.4 Å². The largest absolute Gasteiger partial charge is 0.335 e. The molecule has 1 unspecified atom stereocenters. The van der Waals surface area contributed by atoms with Gasteiger partial charge in [0, 0.05) is 18.1 Å². The van der Waals surface area contributed by atoms with E-state index >= 15 is 0 Å². The van der Waals surface area contributed by atoms with Crippen LogP contribution in [0.5, 0.6) is 0 Å². The van der Waals surface area contributed by atoms with Crippen molar-refractivity contribution in [2.24, 2.45) is 0 Å². The fourth-order valence-corrected chi connectivity index (χ4v) is 2.73. The van der Waals surface area contributed by atoms with E-state index in [1.54, 1.807) is 12.1 Å². The lowest BCUT2D eigenvalue weighted by molar-refractivity contribution is -0.118. The Balaban J connectivity index is 1.80. The second-order valence-corrected chi connectivity index (χ2v) is 6.67. The number of hydrogen-bond acceptors (Lipinski definition) is 4. The molecule has 2 aromatic carbocycles. The molecule has 0 aliphatic heterocycles. The van der Waals surface area contributed by atoms with E-state index < -0.39 is 11.9 Å². The van der Waals surface area contributed by atoms with Gasteiger partial charge >= 0.3 is 0 Å². The number of aromatic nitrogens is 2. The Bertz CT molecular complexity index is 926. The second-order valence-electron chi connectivity index (χ2n) is 6.67. The van der Waals surface area contributed by atoms with Gasteiger partial charge in [0.1, 0.15) is 11.7 Å². The first kappa shape index (κ1) is 19.2. The Morgan fingerprint density at radius 3 is 2.21 bits per heavy atom. The van der Waals surface area contributed by atoms with Crippen LogP contribution in [0.3, 0.4) is 0 Å². The third-order valence-electron chi connectivity index (χ3n) is 4.31. The number of hydrogen-bond donors (Lipinski definition) is 2. The topological polar surface area (TPSA) is 84.0 Å². The van der Waals surface area contributed by atoms with Gasteiger partial charge in [0.15, 0.2) is 0 Å². The highest BCUT2D eigenvalue weighted by molar-refractivity contribution is 6.00. The summed E-state index contributed by atoms with van der Waals surface area (Å²) in [6.45, 7) is 4.22. The summed E-state index contributed by atoms with van der Waals surface area (Å²) in [6, 6.07) is 15.9. The van der Waals surface area contributed by atoms with E-state index in [0.29, 0.717) is 17.2 Å². The molecule has 0 aliphatic rings. The SMILES string of the molecule is CC(C)c1ccc(NC(=O)C(NC(=O)c2cnccn2)c2ccccc2)cc1. The monoisotopic (exact) mass is 374 g/mol. The van der Waals surface area contributed by atoms with Gasteiger partial charge in [0.2, 0.25) is 0 Å². The van der Waals surface area contributed by atoms with Crippen molar-refractivity contribution in [2.75, 3.05) is 5.32 Å². The molecule has 3 aromatic rings. The Hall–Kier alpha value is -3.54. The lowest BCUT2D eigenvalue weighted by Gasteiger charge is -2.19. The molecular weight excluding hydrogens is 352 g/mol. The summed E-state index contributed by atoms with van der Waals surface area (Å²) >= 11 is 0. The van der Waals surface area contributed by atoms with Crippen LogP contribution in [0.2, 0.25) is 0 Å². The first-order valence-electron chi connectivity index (χ1n) is 9.07. The van der Waals surface area contributed by atoms with Gasteiger partial charge < -0.3 is 10.6 Å². The standard InChI is InChI=1S/C22H22N4O2/c1-15(2)16-8-10-18(11-9-16)25-22(28)20(17-6-4-3-5-7-17)26-21(27)19-14-23-12-13-24-19/h3-15,20H,1-2H3,(H,25,28)(H,26,27). The first-order valence-corrected chi connectivity index (χ1v) is 9.07. The Morgan fingerprint density at radius 2 is 1.61 bits per heavy atom. The third-order valence-corrected chi connectivity index (χ3v) is 4.31. The smallest absolute Gasteiger partial charge is 0.272 e. The maximum atomic E-state index is 12.9. The summed E-state index contributed by atoms with van der Waals surface area (Å²) < 4.78 is 0. The van der Waals surface area contributed by atoms with E-state index in [-0.39, 0.29) is 11.6 Å². The number of anilines is 1. The lowest BCUT2D eigenvalue weighted by Crippen LogP contribution is -2.37. The minimum absolute atomic E-state index is 0.150. The van der Waals surface area contributed by atoms with Crippen LogP contribution in [0.25, 0.3) is 0 Å². The summed E-state index contributed by atoms with van der Waals surface area (Å²) in [7, 11) is 0. The molecule has 2 N–H and O–H groups in total. The maximum absolute atomic E-state index is 12.9. The van der Waals surface area contributed by atoms with Gasteiger partial charge in [0.25, 0.3) is 11.8 Å². The maximum Gasteiger partial charge on any atom is 0.272 e. The van der Waals surface area contributed by atoms with Crippen molar-refractivity contribution in [3.8, 4) is 0 Å². The van der Waals surface area contributed by atoms with Crippen LogP contribution in [-0.4, -0.2) is 21.8 Å². The quantitative estimate of drug-likeness (QED) is 0.689. The van der Waals surface area contributed by atoms with Crippen LogP contribution < -0.4 is 10.6 Å². The molecule has 0 bridgehead atoms. The highest BCUT2D eigenvalue weighted by Gasteiger charge is 2.24. The number of nitrogens with zero attached hydrogens (tertiary/aromatic N) is 2. The van der Waals surface area contributed by atoms with Gasteiger partial charge in [-0.15, -0.1) is 0 Å². The van der Waals surface area contributed by atoms with E-state index in [4.69, 9.17) is 0 Å². The van der Waals surface area contributed by atoms with Gasteiger partial charge in [-0.05, 0) is 29.2 Å². The van der Waals surface area contributed by atoms with Crippen LogP contribution in [0, 0.1) is 0 Å². The summed E-state index contributed by atoms with van der Waals surface area (Å²) in [5.41, 5.74) is 2.69.